The Hall–Kier alpha value is -2.95. The van der Waals surface area contributed by atoms with Gasteiger partial charge in [0.15, 0.2) is 0 Å². The van der Waals surface area contributed by atoms with Crippen molar-refractivity contribution < 1.29 is 18.7 Å². The Bertz CT molecular complexity index is 916. The lowest BCUT2D eigenvalue weighted by atomic mass is 9.86. The Labute approximate surface area is 144 Å². The van der Waals surface area contributed by atoms with E-state index >= 15 is 0 Å². The molecule has 1 atom stereocenters. The van der Waals surface area contributed by atoms with Gasteiger partial charge in [-0.05, 0) is 30.2 Å². The van der Waals surface area contributed by atoms with Crippen molar-refractivity contribution in [2.45, 2.75) is 19.3 Å². The number of carbonyl (C=O) groups is 2. The van der Waals surface area contributed by atoms with Crippen LogP contribution in [0.25, 0.3) is 10.9 Å². The summed E-state index contributed by atoms with van der Waals surface area (Å²) >= 11 is 0. The van der Waals surface area contributed by atoms with Crippen LogP contribution < -0.4 is 0 Å². The van der Waals surface area contributed by atoms with Crippen molar-refractivity contribution in [1.82, 2.24) is 4.98 Å². The first kappa shape index (κ1) is 16.9. The van der Waals surface area contributed by atoms with Gasteiger partial charge in [-0.25, -0.2) is 9.18 Å². The van der Waals surface area contributed by atoms with E-state index in [2.05, 4.69) is 4.98 Å². The number of esters is 1. The van der Waals surface area contributed by atoms with Crippen LogP contribution in [0.2, 0.25) is 0 Å². The topological polar surface area (TPSA) is 59.2 Å². The molecule has 3 rings (SSSR count). The molecule has 1 heterocycles. The number of hydrogen-bond acceptors (Lipinski definition) is 3. The molecule has 0 unspecified atom stereocenters. The number of H-pyrrole nitrogens is 1. The maximum atomic E-state index is 14.4. The molecule has 0 aliphatic rings. The number of hydrogen-bond donors (Lipinski definition) is 1. The lowest BCUT2D eigenvalue weighted by Crippen LogP contribution is -2.20. The van der Waals surface area contributed by atoms with Crippen molar-refractivity contribution in [2.24, 2.45) is 0 Å². The first-order chi connectivity index (χ1) is 12.1. The molecule has 0 aliphatic carbocycles. The summed E-state index contributed by atoms with van der Waals surface area (Å²) in [6.45, 7) is 1.77. The van der Waals surface area contributed by atoms with Crippen LogP contribution in [0.3, 0.4) is 0 Å². The quantitative estimate of drug-likeness (QED) is 0.546. The van der Waals surface area contributed by atoms with Crippen LogP contribution in [0.5, 0.6) is 0 Å². The number of nitrogens with one attached hydrogen (secondary N) is 1. The van der Waals surface area contributed by atoms with E-state index in [1.54, 1.807) is 31.3 Å². The van der Waals surface area contributed by atoms with Gasteiger partial charge in [-0.1, -0.05) is 36.4 Å². The Kier molecular flexibility index (Phi) is 4.93. The molecule has 2 aromatic carbocycles. The minimum Gasteiger partial charge on any atom is -0.460 e. The van der Waals surface area contributed by atoms with Crippen molar-refractivity contribution in [1.29, 1.82) is 0 Å². The van der Waals surface area contributed by atoms with E-state index < -0.39 is 23.5 Å². The zero-order valence-electron chi connectivity index (χ0n) is 13.8. The average molecular weight is 339 g/mol. The van der Waals surface area contributed by atoms with Crippen LogP contribution in [0, 0.1) is 5.82 Å². The van der Waals surface area contributed by atoms with E-state index in [4.69, 9.17) is 4.74 Å². The smallest absolute Gasteiger partial charge is 0.374 e. The standard InChI is InChI=1S/C20H18FNO3/c1-2-25-20(24)19(23)11-15(13-7-3-5-9-17(13)21)16-12-22-18-10-6-4-8-14(16)18/h3-10,12,15,22H,2,11H2,1H3/t15-/m1/s1. The van der Waals surface area contributed by atoms with Gasteiger partial charge in [0.2, 0.25) is 5.78 Å². The SMILES string of the molecule is CCOC(=O)C(=O)C[C@H](c1ccccc1F)c1c[nH]c2ccccc12. The van der Waals surface area contributed by atoms with Gasteiger partial charge in [0, 0.05) is 29.4 Å². The summed E-state index contributed by atoms with van der Waals surface area (Å²) in [5.74, 6) is -2.53. The molecule has 0 bridgehead atoms. The van der Waals surface area contributed by atoms with Crippen LogP contribution in [0.15, 0.2) is 54.7 Å². The van der Waals surface area contributed by atoms with Crippen LogP contribution in [-0.4, -0.2) is 23.3 Å². The highest BCUT2D eigenvalue weighted by atomic mass is 19.1. The van der Waals surface area contributed by atoms with Crippen LogP contribution in [0.4, 0.5) is 4.39 Å². The first-order valence-electron chi connectivity index (χ1n) is 8.12. The van der Waals surface area contributed by atoms with Crippen LogP contribution in [0.1, 0.15) is 30.4 Å². The van der Waals surface area contributed by atoms with Gasteiger partial charge in [-0.3, -0.25) is 4.79 Å². The molecule has 0 spiro atoms. The summed E-state index contributed by atoms with van der Waals surface area (Å²) in [4.78, 5) is 27.1. The summed E-state index contributed by atoms with van der Waals surface area (Å²) in [6, 6.07) is 13.9. The van der Waals surface area contributed by atoms with Gasteiger partial charge in [-0.15, -0.1) is 0 Å². The second kappa shape index (κ2) is 7.30. The molecule has 0 fully saturated rings. The normalized spacial score (nSPS) is 12.1. The van der Waals surface area contributed by atoms with Crippen molar-refractivity contribution in [3.05, 3.63) is 71.7 Å². The van der Waals surface area contributed by atoms with Crippen molar-refractivity contribution in [3.63, 3.8) is 0 Å². The predicted molar refractivity (Wildman–Crippen MR) is 92.8 cm³/mol. The number of Topliss-reactive ketones (excluding diaryl/α,β-unsaturated/α-hetero) is 1. The molecule has 25 heavy (non-hydrogen) atoms. The largest absolute Gasteiger partial charge is 0.460 e. The molecule has 0 aliphatic heterocycles. The lowest BCUT2D eigenvalue weighted by Gasteiger charge is -2.17. The molecule has 0 radical (unpaired) electrons. The maximum absolute atomic E-state index is 14.4. The highest BCUT2D eigenvalue weighted by molar-refractivity contribution is 6.33. The molecule has 1 aromatic heterocycles. The summed E-state index contributed by atoms with van der Waals surface area (Å²) in [5, 5.41) is 0.896. The molecular formula is C20H18FNO3. The highest BCUT2D eigenvalue weighted by Crippen LogP contribution is 2.34. The van der Waals surface area contributed by atoms with Gasteiger partial charge >= 0.3 is 5.97 Å². The van der Waals surface area contributed by atoms with E-state index in [0.29, 0.717) is 5.56 Å². The number of ether oxygens (including phenoxy) is 1. The van der Waals surface area contributed by atoms with Crippen molar-refractivity contribution >= 4 is 22.7 Å². The second-order valence-corrected chi connectivity index (χ2v) is 5.71. The first-order valence-corrected chi connectivity index (χ1v) is 8.12. The van der Waals surface area contributed by atoms with E-state index in [1.165, 1.54) is 6.07 Å². The highest BCUT2D eigenvalue weighted by Gasteiger charge is 2.27. The van der Waals surface area contributed by atoms with Gasteiger partial charge in [0.1, 0.15) is 5.82 Å². The number of aromatic nitrogens is 1. The summed E-state index contributed by atoms with van der Waals surface area (Å²) in [5.41, 5.74) is 2.05. The van der Waals surface area contributed by atoms with Gasteiger partial charge < -0.3 is 9.72 Å². The van der Waals surface area contributed by atoms with Crippen LogP contribution in [-0.2, 0) is 14.3 Å². The molecule has 0 saturated carbocycles. The average Bonchev–Trinajstić information content (AvgIpc) is 3.04. The molecule has 5 heteroatoms. The molecule has 0 saturated heterocycles. The maximum Gasteiger partial charge on any atom is 0.374 e. The predicted octanol–water partition coefficient (Wildman–Crippen LogP) is 3.96. The fraction of sp³-hybridized carbons (Fsp3) is 0.200. The van der Waals surface area contributed by atoms with Gasteiger partial charge in [0.25, 0.3) is 0 Å². The van der Waals surface area contributed by atoms with Gasteiger partial charge in [-0.2, -0.15) is 0 Å². The monoisotopic (exact) mass is 339 g/mol. The number of carbonyl (C=O) groups excluding carboxylic acids is 2. The van der Waals surface area contributed by atoms with Crippen LogP contribution >= 0.6 is 0 Å². The number of ketones is 1. The molecular weight excluding hydrogens is 321 g/mol. The number of halogens is 1. The third kappa shape index (κ3) is 3.45. The zero-order chi connectivity index (χ0) is 17.8. The number of fused-ring (bicyclic) bond motifs is 1. The Morgan fingerprint density at radius 1 is 1.08 bits per heavy atom. The lowest BCUT2D eigenvalue weighted by molar-refractivity contribution is -0.153. The molecule has 3 aromatic rings. The molecule has 128 valence electrons. The van der Waals surface area contributed by atoms with Gasteiger partial charge in [0.05, 0.1) is 6.61 Å². The fourth-order valence-corrected chi connectivity index (χ4v) is 3.01. The number of benzene rings is 2. The zero-order valence-corrected chi connectivity index (χ0v) is 13.8. The fourth-order valence-electron chi connectivity index (χ4n) is 3.01. The Morgan fingerprint density at radius 3 is 2.56 bits per heavy atom. The minimum atomic E-state index is -0.885. The van der Waals surface area contributed by atoms with Crippen molar-refractivity contribution in [3.8, 4) is 0 Å². The van der Waals surface area contributed by atoms with E-state index in [0.717, 1.165) is 16.5 Å². The second-order valence-electron chi connectivity index (χ2n) is 5.71. The molecule has 0 amide bonds. The Balaban J connectivity index is 2.05. The van der Waals surface area contributed by atoms with E-state index in [1.807, 2.05) is 24.3 Å². The van der Waals surface area contributed by atoms with E-state index in [9.17, 15) is 14.0 Å². The third-order valence-corrected chi connectivity index (χ3v) is 4.17. The summed E-state index contributed by atoms with van der Waals surface area (Å²) in [7, 11) is 0. The molecule has 4 nitrogen and oxygen atoms in total. The number of para-hydroxylation sites is 1. The molecule has 1 N–H and O–H groups in total. The van der Waals surface area contributed by atoms with Crippen molar-refractivity contribution in [2.75, 3.05) is 6.61 Å². The van der Waals surface area contributed by atoms with E-state index in [-0.39, 0.29) is 13.0 Å². The number of rotatable bonds is 6. The Morgan fingerprint density at radius 2 is 1.80 bits per heavy atom. The summed E-state index contributed by atoms with van der Waals surface area (Å²) in [6.07, 6.45) is 1.61. The summed E-state index contributed by atoms with van der Waals surface area (Å²) < 4.78 is 19.2. The minimum absolute atomic E-state index is 0.127. The number of aromatic amines is 1. The third-order valence-electron chi connectivity index (χ3n) is 4.17.